The normalized spacial score (nSPS) is 10.5. The minimum atomic E-state index is -0.476. The first-order valence-electron chi connectivity index (χ1n) is 9.48. The van der Waals surface area contributed by atoms with Gasteiger partial charge in [-0.05, 0) is 54.1 Å². The quantitative estimate of drug-likeness (QED) is 0.504. The van der Waals surface area contributed by atoms with E-state index in [1.54, 1.807) is 53.5 Å². The van der Waals surface area contributed by atoms with E-state index in [2.05, 4.69) is 20.7 Å². The molecular weight excluding hydrogens is 397 g/mol. The summed E-state index contributed by atoms with van der Waals surface area (Å²) < 4.78 is 14.9. The standard InChI is InChI=1S/C23H18FN5O2/c24-19-6-2-5-17(13-19)23(31)28-20-7-1-4-16(12-20)14-26-22(30)18-8-9-21(25-15-18)29-11-3-10-27-29/h1-13,15H,14H2,(H,26,30)(H,28,31). The second-order valence-corrected chi connectivity index (χ2v) is 6.70. The Hall–Kier alpha value is -4.33. The van der Waals surface area contributed by atoms with Crippen molar-refractivity contribution in [1.29, 1.82) is 0 Å². The van der Waals surface area contributed by atoms with Gasteiger partial charge in [0.05, 0.1) is 5.56 Å². The van der Waals surface area contributed by atoms with Crippen LogP contribution in [0.1, 0.15) is 26.3 Å². The molecule has 4 aromatic rings. The summed E-state index contributed by atoms with van der Waals surface area (Å²) in [6.07, 6.45) is 4.90. The lowest BCUT2D eigenvalue weighted by molar-refractivity contribution is 0.0949. The first-order valence-corrected chi connectivity index (χ1v) is 9.48. The van der Waals surface area contributed by atoms with Crippen molar-refractivity contribution in [1.82, 2.24) is 20.1 Å². The second-order valence-electron chi connectivity index (χ2n) is 6.70. The molecule has 7 nitrogen and oxygen atoms in total. The number of benzene rings is 2. The van der Waals surface area contributed by atoms with E-state index in [4.69, 9.17) is 0 Å². The third kappa shape index (κ3) is 4.99. The SMILES string of the molecule is O=C(NCc1cccc(NC(=O)c2cccc(F)c2)c1)c1ccc(-n2cccn2)nc1. The van der Waals surface area contributed by atoms with Crippen LogP contribution in [0.15, 0.2) is 85.3 Å². The summed E-state index contributed by atoms with van der Waals surface area (Å²) in [4.78, 5) is 28.9. The number of amides is 2. The van der Waals surface area contributed by atoms with E-state index in [-0.39, 0.29) is 18.0 Å². The average Bonchev–Trinajstić information content (AvgIpc) is 3.33. The van der Waals surface area contributed by atoms with Crippen molar-refractivity contribution >= 4 is 17.5 Å². The maximum absolute atomic E-state index is 13.3. The predicted octanol–water partition coefficient (Wildman–Crippen LogP) is 3.59. The Balaban J connectivity index is 1.36. The summed E-state index contributed by atoms with van der Waals surface area (Å²) in [6, 6.07) is 17.7. The largest absolute Gasteiger partial charge is 0.348 e. The van der Waals surface area contributed by atoms with E-state index in [0.717, 1.165) is 5.56 Å². The fraction of sp³-hybridized carbons (Fsp3) is 0.0435. The van der Waals surface area contributed by atoms with Crippen LogP contribution >= 0.6 is 0 Å². The van der Waals surface area contributed by atoms with Gasteiger partial charge in [0, 0.05) is 36.4 Å². The molecule has 0 atom stereocenters. The predicted molar refractivity (Wildman–Crippen MR) is 113 cm³/mol. The number of nitrogens with one attached hydrogen (secondary N) is 2. The highest BCUT2D eigenvalue weighted by molar-refractivity contribution is 6.04. The monoisotopic (exact) mass is 415 g/mol. The summed E-state index contributed by atoms with van der Waals surface area (Å²) in [7, 11) is 0. The molecular formula is C23H18FN5O2. The Morgan fingerprint density at radius 1 is 0.935 bits per heavy atom. The molecule has 0 aliphatic carbocycles. The maximum atomic E-state index is 13.3. The van der Waals surface area contributed by atoms with Gasteiger partial charge < -0.3 is 10.6 Å². The first kappa shape index (κ1) is 20.0. The van der Waals surface area contributed by atoms with Crippen LogP contribution in [0.5, 0.6) is 0 Å². The number of carbonyl (C=O) groups excluding carboxylic acids is 2. The van der Waals surface area contributed by atoms with Gasteiger partial charge in [-0.2, -0.15) is 5.10 Å². The Labute approximate surface area is 177 Å². The Bertz CT molecular complexity index is 1210. The van der Waals surface area contributed by atoms with E-state index in [1.165, 1.54) is 30.5 Å². The Morgan fingerprint density at radius 2 is 1.81 bits per heavy atom. The number of halogens is 1. The van der Waals surface area contributed by atoms with Crippen molar-refractivity contribution in [3.8, 4) is 5.82 Å². The van der Waals surface area contributed by atoms with Crippen molar-refractivity contribution in [2.75, 3.05) is 5.32 Å². The molecule has 0 spiro atoms. The molecule has 0 aliphatic heterocycles. The second kappa shape index (κ2) is 9.00. The van der Waals surface area contributed by atoms with Crippen LogP contribution in [-0.2, 0) is 6.54 Å². The van der Waals surface area contributed by atoms with Crippen molar-refractivity contribution < 1.29 is 14.0 Å². The number of carbonyl (C=O) groups is 2. The van der Waals surface area contributed by atoms with E-state index in [0.29, 0.717) is 17.1 Å². The van der Waals surface area contributed by atoms with Crippen molar-refractivity contribution in [2.45, 2.75) is 6.54 Å². The summed E-state index contributed by atoms with van der Waals surface area (Å²) in [5.74, 6) is -0.544. The van der Waals surface area contributed by atoms with Crippen LogP contribution in [-0.4, -0.2) is 26.6 Å². The van der Waals surface area contributed by atoms with E-state index in [9.17, 15) is 14.0 Å². The fourth-order valence-electron chi connectivity index (χ4n) is 2.94. The molecule has 2 aromatic heterocycles. The van der Waals surface area contributed by atoms with Crippen LogP contribution in [0.3, 0.4) is 0 Å². The molecule has 154 valence electrons. The molecule has 0 radical (unpaired) electrons. The Morgan fingerprint density at radius 3 is 2.55 bits per heavy atom. The Kier molecular flexibility index (Phi) is 5.79. The van der Waals surface area contributed by atoms with Gasteiger partial charge in [-0.1, -0.05) is 18.2 Å². The summed E-state index contributed by atoms with van der Waals surface area (Å²) in [5.41, 5.74) is 1.99. The molecule has 2 N–H and O–H groups in total. The lowest BCUT2D eigenvalue weighted by Crippen LogP contribution is -2.23. The van der Waals surface area contributed by atoms with Gasteiger partial charge >= 0.3 is 0 Å². The highest BCUT2D eigenvalue weighted by Crippen LogP contribution is 2.13. The molecule has 0 unspecified atom stereocenters. The number of hydrogen-bond donors (Lipinski definition) is 2. The average molecular weight is 415 g/mol. The van der Waals surface area contributed by atoms with Crippen LogP contribution in [0.2, 0.25) is 0 Å². The minimum absolute atomic E-state index is 0.227. The molecule has 0 saturated heterocycles. The zero-order valence-corrected chi connectivity index (χ0v) is 16.3. The number of aromatic nitrogens is 3. The number of rotatable bonds is 6. The minimum Gasteiger partial charge on any atom is -0.348 e. The zero-order chi connectivity index (χ0) is 21.6. The van der Waals surface area contributed by atoms with E-state index in [1.807, 2.05) is 6.07 Å². The number of anilines is 1. The van der Waals surface area contributed by atoms with E-state index < -0.39 is 11.7 Å². The number of hydrogen-bond acceptors (Lipinski definition) is 4. The molecule has 2 heterocycles. The summed E-state index contributed by atoms with van der Waals surface area (Å²) in [5, 5.41) is 9.65. The first-order chi connectivity index (χ1) is 15.1. The van der Waals surface area contributed by atoms with Gasteiger partial charge in [-0.25, -0.2) is 14.1 Å². The van der Waals surface area contributed by atoms with Gasteiger partial charge in [0.25, 0.3) is 11.8 Å². The summed E-state index contributed by atoms with van der Waals surface area (Å²) >= 11 is 0. The number of nitrogens with zero attached hydrogens (tertiary/aromatic N) is 3. The lowest BCUT2D eigenvalue weighted by Gasteiger charge is -2.09. The maximum Gasteiger partial charge on any atom is 0.255 e. The third-order valence-electron chi connectivity index (χ3n) is 4.47. The van der Waals surface area contributed by atoms with Gasteiger partial charge in [-0.15, -0.1) is 0 Å². The fourth-order valence-corrected chi connectivity index (χ4v) is 2.94. The van der Waals surface area contributed by atoms with Gasteiger partial charge in [0.2, 0.25) is 0 Å². The molecule has 0 bridgehead atoms. The molecule has 2 amide bonds. The smallest absolute Gasteiger partial charge is 0.255 e. The molecule has 4 rings (SSSR count). The number of pyridine rings is 1. The summed E-state index contributed by atoms with van der Waals surface area (Å²) in [6.45, 7) is 0.267. The van der Waals surface area contributed by atoms with E-state index >= 15 is 0 Å². The van der Waals surface area contributed by atoms with Gasteiger partial charge in [-0.3, -0.25) is 9.59 Å². The molecule has 2 aromatic carbocycles. The van der Waals surface area contributed by atoms with Crippen LogP contribution < -0.4 is 10.6 Å². The molecule has 0 saturated carbocycles. The van der Waals surface area contributed by atoms with Crippen molar-refractivity contribution in [3.05, 3.63) is 108 Å². The topological polar surface area (TPSA) is 88.9 Å². The third-order valence-corrected chi connectivity index (χ3v) is 4.47. The van der Waals surface area contributed by atoms with Gasteiger partial charge in [0.15, 0.2) is 5.82 Å². The van der Waals surface area contributed by atoms with Crippen LogP contribution in [0, 0.1) is 5.82 Å². The van der Waals surface area contributed by atoms with Crippen molar-refractivity contribution in [3.63, 3.8) is 0 Å². The lowest BCUT2D eigenvalue weighted by atomic mass is 10.1. The highest BCUT2D eigenvalue weighted by atomic mass is 19.1. The molecule has 0 aliphatic rings. The molecule has 31 heavy (non-hydrogen) atoms. The van der Waals surface area contributed by atoms with Crippen molar-refractivity contribution in [2.24, 2.45) is 0 Å². The van der Waals surface area contributed by atoms with Crippen LogP contribution in [0.4, 0.5) is 10.1 Å². The highest BCUT2D eigenvalue weighted by Gasteiger charge is 2.09. The molecule has 8 heteroatoms. The van der Waals surface area contributed by atoms with Gasteiger partial charge in [0.1, 0.15) is 5.82 Å². The zero-order valence-electron chi connectivity index (χ0n) is 16.3. The molecule has 0 fully saturated rings. The van der Waals surface area contributed by atoms with Crippen LogP contribution in [0.25, 0.3) is 5.82 Å².